The molecular formula is C34H57N2O8+. The largest absolute Gasteiger partial charge is 0.456 e. The molecule has 0 amide bonds. The Labute approximate surface area is 262 Å². The topological polar surface area (TPSA) is 151 Å². The Hall–Kier alpha value is -1.40. The lowest BCUT2D eigenvalue weighted by atomic mass is 9.58. The van der Waals surface area contributed by atoms with Crippen LogP contribution in [0.2, 0.25) is 0 Å². The first-order chi connectivity index (χ1) is 21.1. The summed E-state index contributed by atoms with van der Waals surface area (Å²) in [5.41, 5.74) is -0.272. The normalized spacial score (nSPS) is 44.9. The van der Waals surface area contributed by atoms with Crippen LogP contribution in [0.5, 0.6) is 0 Å². The maximum absolute atomic E-state index is 13.5. The van der Waals surface area contributed by atoms with Crippen molar-refractivity contribution < 1.29 is 44.4 Å². The Kier molecular flexibility index (Phi) is 11.2. The highest BCUT2D eigenvalue weighted by atomic mass is 16.6. The number of carbonyl (C=O) groups excluding carboxylic acids is 2. The second-order valence-corrected chi connectivity index (χ2v) is 14.5. The quantitative estimate of drug-likeness (QED) is 0.191. The van der Waals surface area contributed by atoms with Crippen molar-refractivity contribution in [2.24, 2.45) is 29.6 Å². The van der Waals surface area contributed by atoms with Crippen molar-refractivity contribution in [3.8, 4) is 0 Å². The molecule has 0 aromatic rings. The summed E-state index contributed by atoms with van der Waals surface area (Å²) in [4.78, 5) is 26.6. The molecule has 0 spiro atoms. The first-order valence-corrected chi connectivity index (χ1v) is 17.3. The van der Waals surface area contributed by atoms with Crippen molar-refractivity contribution in [2.45, 2.75) is 140 Å². The molecular weight excluding hydrogens is 564 g/mol. The third-order valence-electron chi connectivity index (χ3n) is 11.7. The summed E-state index contributed by atoms with van der Waals surface area (Å²) in [7, 11) is 0. The van der Waals surface area contributed by atoms with Gasteiger partial charge in [0.05, 0.1) is 49.6 Å². The number of piperidine rings is 1. The van der Waals surface area contributed by atoms with E-state index in [2.05, 4.69) is 24.5 Å². The van der Waals surface area contributed by atoms with E-state index in [0.29, 0.717) is 36.9 Å². The summed E-state index contributed by atoms with van der Waals surface area (Å²) in [5, 5.41) is 38.4. The van der Waals surface area contributed by atoms with Crippen molar-refractivity contribution in [1.82, 2.24) is 5.32 Å². The summed E-state index contributed by atoms with van der Waals surface area (Å²) in [6.45, 7) is 9.47. The lowest BCUT2D eigenvalue weighted by molar-refractivity contribution is -0.708. The van der Waals surface area contributed by atoms with E-state index in [9.17, 15) is 24.9 Å². The fraction of sp³-hybridized carbons (Fsp3) is 0.882. The highest BCUT2D eigenvalue weighted by molar-refractivity contribution is 5.87. The first-order valence-electron chi connectivity index (χ1n) is 17.3. The molecule has 250 valence electrons. The van der Waals surface area contributed by atoms with Crippen LogP contribution in [0.25, 0.3) is 0 Å². The SMILES string of the molecule is CC=C(C)C(=O)O[C@@H]1CC2C(O)C3C(=O)CC(CO)OC3C(C3CCCC(O)C3)C2O[C@]1(C)CCC1CCC(NCC)[NH2+]C1. The zero-order chi connectivity index (χ0) is 31.6. The number of Topliss-reactive ketones (excluding diaryl/α,β-unsaturated/α-hetero) is 1. The highest BCUT2D eigenvalue weighted by Gasteiger charge is 2.62. The van der Waals surface area contributed by atoms with Crippen LogP contribution in [-0.2, 0) is 23.8 Å². The first kappa shape index (κ1) is 33.9. The summed E-state index contributed by atoms with van der Waals surface area (Å²) in [5.74, 6) is -1.27. The van der Waals surface area contributed by atoms with E-state index in [1.165, 1.54) is 0 Å². The van der Waals surface area contributed by atoms with E-state index in [1.54, 1.807) is 13.0 Å². The van der Waals surface area contributed by atoms with E-state index in [-0.39, 0.29) is 36.6 Å². The number of esters is 1. The minimum absolute atomic E-state index is 0.0565. The number of allylic oxidation sites excluding steroid dienone is 1. The van der Waals surface area contributed by atoms with Crippen molar-refractivity contribution in [3.05, 3.63) is 11.6 Å². The predicted molar refractivity (Wildman–Crippen MR) is 163 cm³/mol. The molecule has 10 nitrogen and oxygen atoms in total. The third-order valence-corrected chi connectivity index (χ3v) is 11.7. The molecule has 13 atom stereocenters. The van der Waals surface area contributed by atoms with Gasteiger partial charge in [0.15, 0.2) is 0 Å². The number of aliphatic hydroxyl groups is 3. The lowest BCUT2D eigenvalue weighted by Gasteiger charge is -2.59. The van der Waals surface area contributed by atoms with Crippen molar-refractivity contribution in [1.29, 1.82) is 0 Å². The van der Waals surface area contributed by atoms with Gasteiger partial charge in [-0.2, -0.15) is 0 Å². The summed E-state index contributed by atoms with van der Waals surface area (Å²) >= 11 is 0. The number of carbonyl (C=O) groups is 2. The van der Waals surface area contributed by atoms with Crippen molar-refractivity contribution >= 4 is 11.8 Å². The Morgan fingerprint density at radius 3 is 2.64 bits per heavy atom. The van der Waals surface area contributed by atoms with Crippen LogP contribution in [0, 0.1) is 29.6 Å². The highest BCUT2D eigenvalue weighted by Crippen LogP contribution is 2.53. The van der Waals surface area contributed by atoms with Gasteiger partial charge in [0, 0.05) is 36.2 Å². The fourth-order valence-corrected chi connectivity index (χ4v) is 9.00. The minimum Gasteiger partial charge on any atom is -0.456 e. The van der Waals surface area contributed by atoms with Gasteiger partial charge in [-0.25, -0.2) is 4.79 Å². The summed E-state index contributed by atoms with van der Waals surface area (Å²) in [6.07, 6.45) is 6.01. The Morgan fingerprint density at radius 1 is 1.18 bits per heavy atom. The van der Waals surface area contributed by atoms with Gasteiger partial charge in [0.2, 0.25) is 0 Å². The van der Waals surface area contributed by atoms with Gasteiger partial charge in [-0.3, -0.25) is 10.1 Å². The van der Waals surface area contributed by atoms with Gasteiger partial charge in [0.25, 0.3) is 0 Å². The summed E-state index contributed by atoms with van der Waals surface area (Å²) in [6, 6.07) is 0. The average Bonchev–Trinajstić information content (AvgIpc) is 3.01. The van der Waals surface area contributed by atoms with Crippen LogP contribution < -0.4 is 10.6 Å². The minimum atomic E-state index is -1.01. The average molecular weight is 622 g/mol. The maximum Gasteiger partial charge on any atom is 0.333 e. The molecule has 5 fully saturated rings. The van der Waals surface area contributed by atoms with E-state index < -0.39 is 54.1 Å². The van der Waals surface area contributed by atoms with Gasteiger partial charge in [-0.1, -0.05) is 19.4 Å². The molecule has 6 N–H and O–H groups in total. The number of ketones is 1. The molecule has 2 saturated carbocycles. The van der Waals surface area contributed by atoms with Crippen LogP contribution in [-0.4, -0.2) is 95.2 Å². The summed E-state index contributed by atoms with van der Waals surface area (Å²) < 4.78 is 19.8. The number of fused-ring (bicyclic) bond motifs is 2. The molecule has 0 radical (unpaired) electrons. The Balaban J connectivity index is 1.44. The zero-order valence-corrected chi connectivity index (χ0v) is 27.2. The smallest absolute Gasteiger partial charge is 0.333 e. The number of hydrogen-bond acceptors (Lipinski definition) is 9. The van der Waals surface area contributed by atoms with Gasteiger partial charge in [-0.15, -0.1) is 0 Å². The molecule has 11 unspecified atom stereocenters. The van der Waals surface area contributed by atoms with Crippen molar-refractivity contribution in [3.63, 3.8) is 0 Å². The van der Waals surface area contributed by atoms with E-state index in [4.69, 9.17) is 14.2 Å². The monoisotopic (exact) mass is 621 g/mol. The van der Waals surface area contributed by atoms with Crippen LogP contribution in [0.15, 0.2) is 11.6 Å². The van der Waals surface area contributed by atoms with Gasteiger partial charge in [-0.05, 0) is 78.2 Å². The second kappa shape index (κ2) is 14.6. The van der Waals surface area contributed by atoms with Crippen LogP contribution >= 0.6 is 0 Å². The van der Waals surface area contributed by atoms with E-state index in [0.717, 1.165) is 51.6 Å². The maximum atomic E-state index is 13.5. The van der Waals surface area contributed by atoms with E-state index >= 15 is 0 Å². The molecule has 44 heavy (non-hydrogen) atoms. The zero-order valence-electron chi connectivity index (χ0n) is 27.2. The van der Waals surface area contributed by atoms with Crippen molar-refractivity contribution in [2.75, 3.05) is 19.7 Å². The van der Waals surface area contributed by atoms with Crippen LogP contribution in [0.3, 0.4) is 0 Å². The predicted octanol–water partition coefficient (Wildman–Crippen LogP) is 1.59. The molecule has 3 heterocycles. The molecule has 5 rings (SSSR count). The molecule has 3 aliphatic heterocycles. The van der Waals surface area contributed by atoms with Crippen LogP contribution in [0.4, 0.5) is 0 Å². The number of aliphatic hydroxyl groups excluding tert-OH is 3. The standard InChI is InChI=1S/C34H56N2O8/c1-5-19(3)33(41)43-26-16-24-30(40)29-25(39)15-23(18-37)42-32(29)28(21-8-7-9-22(38)14-21)31(24)44-34(26,4)13-12-20-10-11-27(35-6-2)36-17-20/h5,20-24,26-32,35-38,40H,6-18H2,1-4H3/p+1/t20?,21?,22?,23?,24?,26-,27?,28?,29?,30?,31?,32?,34-/m1/s1. The third kappa shape index (κ3) is 7.11. The Morgan fingerprint density at radius 2 is 1.98 bits per heavy atom. The molecule has 0 bridgehead atoms. The molecule has 2 aliphatic carbocycles. The number of hydrogen-bond donors (Lipinski definition) is 5. The molecule has 0 aromatic carbocycles. The number of quaternary nitrogens is 1. The van der Waals surface area contributed by atoms with Gasteiger partial charge < -0.3 is 34.8 Å². The lowest BCUT2D eigenvalue weighted by Crippen LogP contribution is -2.95. The second-order valence-electron chi connectivity index (χ2n) is 14.5. The van der Waals surface area contributed by atoms with Crippen LogP contribution in [0.1, 0.15) is 91.9 Å². The molecule has 3 saturated heterocycles. The molecule has 5 aliphatic rings. The molecule has 10 heteroatoms. The number of ether oxygens (including phenoxy) is 3. The van der Waals surface area contributed by atoms with Gasteiger partial charge in [0.1, 0.15) is 23.7 Å². The van der Waals surface area contributed by atoms with E-state index in [1.807, 2.05) is 6.92 Å². The number of nitrogens with one attached hydrogen (secondary N) is 1. The van der Waals surface area contributed by atoms with Gasteiger partial charge >= 0.3 is 5.97 Å². The Bertz CT molecular complexity index is 1030. The number of rotatable bonds is 9. The number of nitrogens with two attached hydrogens (primary N) is 1. The molecule has 0 aromatic heterocycles. The fourth-order valence-electron chi connectivity index (χ4n) is 9.00.